The Hall–Kier alpha value is -1.48. The monoisotopic (exact) mass is 237 g/mol. The standard InChI is InChI=1S/C12H12ClNO2/c1-6-9(13)4-10(16-3)12-11(6)8(5-15)7(2)14-12/h4-5,14H,1-3H3. The van der Waals surface area contributed by atoms with Crippen molar-refractivity contribution in [2.75, 3.05) is 7.11 Å². The predicted octanol–water partition coefficient (Wildman–Crippen LogP) is 3.26. The van der Waals surface area contributed by atoms with Crippen LogP contribution in [0.4, 0.5) is 0 Å². The molecule has 0 amide bonds. The molecule has 0 aliphatic carbocycles. The summed E-state index contributed by atoms with van der Waals surface area (Å²) in [6.07, 6.45) is 0.844. The highest BCUT2D eigenvalue weighted by Crippen LogP contribution is 2.35. The summed E-state index contributed by atoms with van der Waals surface area (Å²) in [5, 5.41) is 1.45. The van der Waals surface area contributed by atoms with Crippen LogP contribution in [0.15, 0.2) is 6.07 Å². The summed E-state index contributed by atoms with van der Waals surface area (Å²) in [7, 11) is 1.58. The van der Waals surface area contributed by atoms with Crippen molar-refractivity contribution in [2.24, 2.45) is 0 Å². The van der Waals surface area contributed by atoms with Crippen LogP contribution >= 0.6 is 11.6 Å². The van der Waals surface area contributed by atoms with Crippen LogP contribution in [0.5, 0.6) is 5.75 Å². The van der Waals surface area contributed by atoms with Crippen molar-refractivity contribution in [3.05, 3.63) is 27.9 Å². The molecule has 0 radical (unpaired) electrons. The van der Waals surface area contributed by atoms with Gasteiger partial charge in [0.2, 0.25) is 0 Å². The highest BCUT2D eigenvalue weighted by molar-refractivity contribution is 6.33. The second kappa shape index (κ2) is 3.83. The van der Waals surface area contributed by atoms with Crippen molar-refractivity contribution in [3.8, 4) is 5.75 Å². The summed E-state index contributed by atoms with van der Waals surface area (Å²) < 4.78 is 5.24. The fourth-order valence-electron chi connectivity index (χ4n) is 1.94. The maximum absolute atomic E-state index is 11.1. The van der Waals surface area contributed by atoms with Gasteiger partial charge in [-0.05, 0) is 19.4 Å². The molecule has 0 spiro atoms. The van der Waals surface area contributed by atoms with Crippen LogP contribution in [-0.2, 0) is 0 Å². The first-order valence-corrected chi connectivity index (χ1v) is 5.28. The molecule has 0 fully saturated rings. The highest BCUT2D eigenvalue weighted by atomic mass is 35.5. The minimum absolute atomic E-state index is 0.603. The van der Waals surface area contributed by atoms with Crippen LogP contribution < -0.4 is 4.74 Å². The van der Waals surface area contributed by atoms with E-state index in [9.17, 15) is 4.79 Å². The van der Waals surface area contributed by atoms with Crippen LogP contribution in [0.2, 0.25) is 5.02 Å². The van der Waals surface area contributed by atoms with Gasteiger partial charge < -0.3 is 9.72 Å². The smallest absolute Gasteiger partial charge is 0.152 e. The van der Waals surface area contributed by atoms with E-state index in [1.165, 1.54) is 0 Å². The average Bonchev–Trinajstić information content (AvgIpc) is 2.60. The molecule has 0 unspecified atom stereocenters. The van der Waals surface area contributed by atoms with Crippen molar-refractivity contribution in [1.82, 2.24) is 4.98 Å². The minimum Gasteiger partial charge on any atom is -0.495 e. The molecule has 1 heterocycles. The molecule has 16 heavy (non-hydrogen) atoms. The van der Waals surface area contributed by atoms with E-state index >= 15 is 0 Å². The number of methoxy groups -OCH3 is 1. The van der Waals surface area contributed by atoms with E-state index in [-0.39, 0.29) is 0 Å². The van der Waals surface area contributed by atoms with Crippen molar-refractivity contribution < 1.29 is 9.53 Å². The SMILES string of the molecule is COc1cc(Cl)c(C)c2c(C=O)c(C)[nH]c12. The largest absolute Gasteiger partial charge is 0.495 e. The Morgan fingerprint density at radius 3 is 2.69 bits per heavy atom. The molecule has 2 aromatic rings. The maximum Gasteiger partial charge on any atom is 0.152 e. The van der Waals surface area contributed by atoms with Gasteiger partial charge in [-0.25, -0.2) is 0 Å². The van der Waals surface area contributed by atoms with Gasteiger partial charge in [0, 0.05) is 27.7 Å². The quantitative estimate of drug-likeness (QED) is 0.815. The first-order chi connectivity index (χ1) is 7.60. The van der Waals surface area contributed by atoms with Gasteiger partial charge in [-0.2, -0.15) is 0 Å². The van der Waals surface area contributed by atoms with E-state index in [0.29, 0.717) is 16.3 Å². The van der Waals surface area contributed by atoms with Gasteiger partial charge in [-0.1, -0.05) is 11.6 Å². The zero-order valence-corrected chi connectivity index (χ0v) is 10.1. The molecule has 0 saturated carbocycles. The first kappa shape index (κ1) is 11.0. The predicted molar refractivity (Wildman–Crippen MR) is 64.7 cm³/mol. The third kappa shape index (κ3) is 1.39. The van der Waals surface area contributed by atoms with E-state index in [2.05, 4.69) is 4.98 Å². The third-order valence-electron chi connectivity index (χ3n) is 2.81. The number of rotatable bonds is 2. The minimum atomic E-state index is 0.603. The first-order valence-electron chi connectivity index (χ1n) is 4.90. The number of H-pyrrole nitrogens is 1. The number of fused-ring (bicyclic) bond motifs is 1. The zero-order valence-electron chi connectivity index (χ0n) is 9.35. The molecular weight excluding hydrogens is 226 g/mol. The number of ether oxygens (including phenoxy) is 1. The Morgan fingerprint density at radius 1 is 1.44 bits per heavy atom. The topological polar surface area (TPSA) is 42.1 Å². The second-order valence-corrected chi connectivity index (χ2v) is 4.12. The second-order valence-electron chi connectivity index (χ2n) is 3.72. The molecule has 1 N–H and O–H groups in total. The number of nitrogens with one attached hydrogen (secondary N) is 1. The zero-order chi connectivity index (χ0) is 11.9. The lowest BCUT2D eigenvalue weighted by molar-refractivity contribution is 0.112. The molecule has 4 heteroatoms. The number of carbonyl (C=O) groups is 1. The Labute approximate surface area is 98.4 Å². The molecule has 0 aliphatic heterocycles. The van der Waals surface area contributed by atoms with E-state index in [4.69, 9.17) is 16.3 Å². The molecule has 84 valence electrons. The number of aryl methyl sites for hydroxylation is 2. The summed E-state index contributed by atoms with van der Waals surface area (Å²) in [5.41, 5.74) is 3.19. The fraction of sp³-hybridized carbons (Fsp3) is 0.250. The average molecular weight is 238 g/mol. The summed E-state index contributed by atoms with van der Waals surface area (Å²) >= 11 is 6.10. The summed E-state index contributed by atoms with van der Waals surface area (Å²) in [6.45, 7) is 3.75. The van der Waals surface area contributed by atoms with Crippen LogP contribution in [0.3, 0.4) is 0 Å². The summed E-state index contributed by atoms with van der Waals surface area (Å²) in [5.74, 6) is 0.654. The van der Waals surface area contributed by atoms with Gasteiger partial charge in [-0.3, -0.25) is 4.79 Å². The Bertz CT molecular complexity index is 572. The fourth-order valence-corrected chi connectivity index (χ4v) is 2.13. The van der Waals surface area contributed by atoms with Gasteiger partial charge in [-0.15, -0.1) is 0 Å². The number of aromatic amines is 1. The Kier molecular flexibility index (Phi) is 2.64. The van der Waals surface area contributed by atoms with Gasteiger partial charge in [0.05, 0.1) is 12.6 Å². The van der Waals surface area contributed by atoms with Gasteiger partial charge >= 0.3 is 0 Å². The molecule has 1 aromatic carbocycles. The van der Waals surface area contributed by atoms with E-state index < -0.39 is 0 Å². The molecule has 3 nitrogen and oxygen atoms in total. The molecule has 1 aromatic heterocycles. The molecule has 0 aliphatic rings. The van der Waals surface area contributed by atoms with E-state index in [0.717, 1.165) is 28.4 Å². The number of carbonyl (C=O) groups excluding carboxylic acids is 1. The van der Waals surface area contributed by atoms with Gasteiger partial charge in [0.25, 0.3) is 0 Å². The number of halogens is 1. The van der Waals surface area contributed by atoms with Gasteiger partial charge in [0.15, 0.2) is 6.29 Å². The van der Waals surface area contributed by atoms with Crippen molar-refractivity contribution in [3.63, 3.8) is 0 Å². The van der Waals surface area contributed by atoms with Crippen molar-refractivity contribution in [1.29, 1.82) is 0 Å². The maximum atomic E-state index is 11.1. The molecule has 0 bridgehead atoms. The molecule has 2 rings (SSSR count). The highest BCUT2D eigenvalue weighted by Gasteiger charge is 2.16. The van der Waals surface area contributed by atoms with E-state index in [1.807, 2.05) is 13.8 Å². The number of aromatic nitrogens is 1. The normalized spacial score (nSPS) is 10.8. The third-order valence-corrected chi connectivity index (χ3v) is 3.20. The Morgan fingerprint density at radius 2 is 2.12 bits per heavy atom. The summed E-state index contributed by atoms with van der Waals surface area (Å²) in [4.78, 5) is 14.2. The number of hydrogen-bond acceptors (Lipinski definition) is 2. The number of aldehydes is 1. The molecule has 0 saturated heterocycles. The van der Waals surface area contributed by atoms with Crippen LogP contribution in [0, 0.1) is 13.8 Å². The number of benzene rings is 1. The van der Waals surface area contributed by atoms with Crippen LogP contribution in [-0.4, -0.2) is 18.4 Å². The lowest BCUT2D eigenvalue weighted by atomic mass is 10.1. The van der Waals surface area contributed by atoms with Crippen LogP contribution in [0.25, 0.3) is 10.9 Å². The Balaban J connectivity index is 2.99. The van der Waals surface area contributed by atoms with Crippen LogP contribution in [0.1, 0.15) is 21.6 Å². The molecule has 0 atom stereocenters. The molecular formula is C12H12ClNO2. The number of hydrogen-bond donors (Lipinski definition) is 1. The summed E-state index contributed by atoms with van der Waals surface area (Å²) in [6, 6.07) is 1.75. The van der Waals surface area contributed by atoms with Crippen molar-refractivity contribution >= 4 is 28.8 Å². The lowest BCUT2D eigenvalue weighted by Crippen LogP contribution is -1.88. The van der Waals surface area contributed by atoms with E-state index in [1.54, 1.807) is 13.2 Å². The van der Waals surface area contributed by atoms with Gasteiger partial charge in [0.1, 0.15) is 5.75 Å². The lowest BCUT2D eigenvalue weighted by Gasteiger charge is -2.06. The van der Waals surface area contributed by atoms with Crippen molar-refractivity contribution in [2.45, 2.75) is 13.8 Å².